The normalized spacial score (nSPS) is 14.5. The van der Waals surface area contributed by atoms with Gasteiger partial charge >= 0.3 is 0 Å². The Labute approximate surface area is 201 Å². The third-order valence-electron chi connectivity index (χ3n) is 5.47. The number of anilines is 1. The van der Waals surface area contributed by atoms with Crippen molar-refractivity contribution in [3.63, 3.8) is 0 Å². The third kappa shape index (κ3) is 5.09. The molecule has 2 amide bonds. The number of rotatable bonds is 6. The SMILES string of the molecule is C[C@@H](NC(=O)c1noc(C(C)(C)C)n1)c1ccc(-c2ccnc(NC(=O)C3CC3)c2)c(F)c1Cl. The molecule has 0 aliphatic heterocycles. The molecule has 0 unspecified atom stereocenters. The zero-order chi connectivity index (χ0) is 24.6. The number of pyridine rings is 1. The third-order valence-corrected chi connectivity index (χ3v) is 5.85. The van der Waals surface area contributed by atoms with Gasteiger partial charge in [0, 0.05) is 23.1 Å². The second kappa shape index (κ2) is 9.13. The van der Waals surface area contributed by atoms with Gasteiger partial charge in [-0.15, -0.1) is 0 Å². The van der Waals surface area contributed by atoms with Crippen molar-refractivity contribution < 1.29 is 18.5 Å². The predicted molar refractivity (Wildman–Crippen MR) is 125 cm³/mol. The fraction of sp³-hybridized carbons (Fsp3) is 0.375. The fourth-order valence-corrected chi connectivity index (χ4v) is 3.65. The number of carbonyl (C=O) groups excluding carboxylic acids is 2. The predicted octanol–water partition coefficient (Wildman–Crippen LogP) is 5.06. The number of hydrogen-bond acceptors (Lipinski definition) is 6. The molecule has 0 bridgehead atoms. The molecule has 4 rings (SSSR count). The highest BCUT2D eigenvalue weighted by Crippen LogP contribution is 2.34. The second-order valence-corrected chi connectivity index (χ2v) is 9.77. The van der Waals surface area contributed by atoms with Crippen LogP contribution in [0.2, 0.25) is 5.02 Å². The van der Waals surface area contributed by atoms with Crippen LogP contribution >= 0.6 is 11.6 Å². The van der Waals surface area contributed by atoms with Crippen LogP contribution in [0.5, 0.6) is 0 Å². The van der Waals surface area contributed by atoms with Gasteiger partial charge in [0.25, 0.3) is 11.7 Å². The summed E-state index contributed by atoms with van der Waals surface area (Å²) in [5.41, 5.74) is 0.773. The van der Waals surface area contributed by atoms with E-state index < -0.39 is 23.2 Å². The minimum atomic E-state index is -0.638. The Balaban J connectivity index is 1.51. The number of hydrogen-bond donors (Lipinski definition) is 2. The Bertz CT molecular complexity index is 1250. The molecule has 1 saturated carbocycles. The molecule has 178 valence electrons. The fourth-order valence-electron chi connectivity index (χ4n) is 3.32. The maximum atomic E-state index is 15.2. The van der Waals surface area contributed by atoms with Crippen molar-refractivity contribution in [2.24, 2.45) is 5.92 Å². The van der Waals surface area contributed by atoms with E-state index in [9.17, 15) is 9.59 Å². The average molecular weight is 486 g/mol. The van der Waals surface area contributed by atoms with E-state index in [1.165, 1.54) is 6.20 Å². The smallest absolute Gasteiger partial charge is 0.293 e. The largest absolute Gasteiger partial charge is 0.343 e. The van der Waals surface area contributed by atoms with Crippen LogP contribution in [0.3, 0.4) is 0 Å². The molecule has 10 heteroatoms. The molecule has 1 aromatic carbocycles. The van der Waals surface area contributed by atoms with Gasteiger partial charge in [-0.2, -0.15) is 4.98 Å². The van der Waals surface area contributed by atoms with Gasteiger partial charge in [0.15, 0.2) is 0 Å². The maximum Gasteiger partial charge on any atom is 0.293 e. The summed E-state index contributed by atoms with van der Waals surface area (Å²) in [6, 6.07) is 5.84. The summed E-state index contributed by atoms with van der Waals surface area (Å²) in [7, 11) is 0. The summed E-state index contributed by atoms with van der Waals surface area (Å²) in [4.78, 5) is 32.8. The summed E-state index contributed by atoms with van der Waals surface area (Å²) < 4.78 is 20.4. The molecule has 3 aromatic rings. The summed E-state index contributed by atoms with van der Waals surface area (Å²) in [5, 5.41) is 9.08. The van der Waals surface area contributed by atoms with Gasteiger partial charge in [-0.3, -0.25) is 9.59 Å². The first kappa shape index (κ1) is 23.8. The Kier molecular flexibility index (Phi) is 6.40. The van der Waals surface area contributed by atoms with Crippen LogP contribution in [0.4, 0.5) is 10.2 Å². The van der Waals surface area contributed by atoms with Crippen molar-refractivity contribution in [3.05, 3.63) is 58.6 Å². The van der Waals surface area contributed by atoms with Crippen molar-refractivity contribution in [1.29, 1.82) is 0 Å². The first-order chi connectivity index (χ1) is 16.0. The zero-order valence-corrected chi connectivity index (χ0v) is 20.0. The number of benzene rings is 1. The van der Waals surface area contributed by atoms with E-state index >= 15 is 4.39 Å². The van der Waals surface area contributed by atoms with Crippen molar-refractivity contribution in [2.75, 3.05) is 5.32 Å². The van der Waals surface area contributed by atoms with Crippen molar-refractivity contribution >= 4 is 29.2 Å². The maximum absolute atomic E-state index is 15.2. The van der Waals surface area contributed by atoms with Gasteiger partial charge in [-0.1, -0.05) is 49.7 Å². The number of amides is 2. The zero-order valence-electron chi connectivity index (χ0n) is 19.3. The van der Waals surface area contributed by atoms with E-state index in [-0.39, 0.29) is 28.2 Å². The first-order valence-electron chi connectivity index (χ1n) is 10.9. The Morgan fingerprint density at radius 1 is 1.24 bits per heavy atom. The highest BCUT2D eigenvalue weighted by atomic mass is 35.5. The molecule has 1 fully saturated rings. The van der Waals surface area contributed by atoms with Gasteiger partial charge in [0.05, 0.1) is 11.1 Å². The van der Waals surface area contributed by atoms with Gasteiger partial charge in [0.1, 0.15) is 11.6 Å². The van der Waals surface area contributed by atoms with E-state index in [0.717, 1.165) is 12.8 Å². The van der Waals surface area contributed by atoms with Crippen LogP contribution in [0, 0.1) is 11.7 Å². The van der Waals surface area contributed by atoms with E-state index in [1.54, 1.807) is 31.2 Å². The molecular weight excluding hydrogens is 461 g/mol. The summed E-state index contributed by atoms with van der Waals surface area (Å²) in [6.45, 7) is 7.35. The standard InChI is InChI=1S/C24H25ClFN5O3/c1-12(28-22(33)20-30-23(34-31-20)24(2,3)4)15-7-8-16(19(26)18(15)25)14-9-10-27-17(11-14)29-21(32)13-5-6-13/h7-13H,5-6H2,1-4H3,(H,28,33)(H,27,29,32)/t12-/m1/s1. The highest BCUT2D eigenvalue weighted by Gasteiger charge is 2.30. The molecular formula is C24H25ClFN5O3. The van der Waals surface area contributed by atoms with E-state index in [2.05, 4.69) is 25.8 Å². The van der Waals surface area contributed by atoms with Gasteiger partial charge in [-0.05, 0) is 43.0 Å². The van der Waals surface area contributed by atoms with Crippen LogP contribution in [0.15, 0.2) is 35.0 Å². The lowest BCUT2D eigenvalue weighted by molar-refractivity contribution is -0.117. The molecule has 34 heavy (non-hydrogen) atoms. The lowest BCUT2D eigenvalue weighted by Crippen LogP contribution is -2.28. The molecule has 0 saturated heterocycles. The first-order valence-corrected chi connectivity index (χ1v) is 11.3. The van der Waals surface area contributed by atoms with Crippen molar-refractivity contribution in [2.45, 2.75) is 52.0 Å². The van der Waals surface area contributed by atoms with Crippen LogP contribution in [-0.4, -0.2) is 26.9 Å². The minimum absolute atomic E-state index is 0.0279. The van der Waals surface area contributed by atoms with Gasteiger partial charge < -0.3 is 15.2 Å². The number of halogens is 2. The van der Waals surface area contributed by atoms with Crippen LogP contribution in [0.25, 0.3) is 11.1 Å². The molecule has 1 aliphatic carbocycles. The summed E-state index contributed by atoms with van der Waals surface area (Å²) >= 11 is 6.35. The van der Waals surface area contributed by atoms with Crippen molar-refractivity contribution in [1.82, 2.24) is 20.4 Å². The second-order valence-electron chi connectivity index (χ2n) is 9.39. The van der Waals surface area contributed by atoms with Gasteiger partial charge in [0.2, 0.25) is 11.8 Å². The number of aromatic nitrogens is 3. The number of carbonyl (C=O) groups is 2. The Morgan fingerprint density at radius 3 is 2.62 bits per heavy atom. The lowest BCUT2D eigenvalue weighted by atomic mass is 9.97. The van der Waals surface area contributed by atoms with E-state index in [4.69, 9.17) is 16.1 Å². The topological polar surface area (TPSA) is 110 Å². The molecule has 1 atom stereocenters. The lowest BCUT2D eigenvalue weighted by Gasteiger charge is -2.17. The monoisotopic (exact) mass is 485 g/mol. The number of nitrogens with zero attached hydrogens (tertiary/aromatic N) is 3. The highest BCUT2D eigenvalue weighted by molar-refractivity contribution is 6.32. The van der Waals surface area contributed by atoms with E-state index in [1.807, 2.05) is 20.8 Å². The molecule has 0 radical (unpaired) electrons. The molecule has 8 nitrogen and oxygen atoms in total. The van der Waals surface area contributed by atoms with Crippen LogP contribution < -0.4 is 10.6 Å². The van der Waals surface area contributed by atoms with Crippen LogP contribution in [0.1, 0.15) is 68.7 Å². The summed E-state index contributed by atoms with van der Waals surface area (Å²) in [5.74, 6) is -0.673. The molecule has 1 aliphatic rings. The Hall–Kier alpha value is -3.33. The van der Waals surface area contributed by atoms with Crippen LogP contribution in [-0.2, 0) is 10.2 Å². The minimum Gasteiger partial charge on any atom is -0.343 e. The molecule has 2 aromatic heterocycles. The number of nitrogens with one attached hydrogen (secondary N) is 2. The summed E-state index contributed by atoms with van der Waals surface area (Å²) in [6.07, 6.45) is 3.24. The van der Waals surface area contributed by atoms with Gasteiger partial charge in [-0.25, -0.2) is 9.37 Å². The van der Waals surface area contributed by atoms with E-state index in [0.29, 0.717) is 22.8 Å². The average Bonchev–Trinajstić information content (AvgIpc) is 3.50. The van der Waals surface area contributed by atoms with Crippen molar-refractivity contribution in [3.8, 4) is 11.1 Å². The molecule has 2 heterocycles. The Morgan fingerprint density at radius 2 is 1.97 bits per heavy atom. The molecule has 0 spiro atoms. The molecule has 2 N–H and O–H groups in total. The quantitative estimate of drug-likeness (QED) is 0.505.